The van der Waals surface area contributed by atoms with Crippen molar-refractivity contribution in [3.8, 4) is 0 Å². The number of hydrogen-bond acceptors (Lipinski definition) is 0. The lowest BCUT2D eigenvalue weighted by Crippen LogP contribution is -2.30. The van der Waals surface area contributed by atoms with Gasteiger partial charge in [-0.05, 0) is 50.0 Å². The highest BCUT2D eigenvalue weighted by Gasteiger charge is 2.44. The molecule has 3 rings (SSSR count). The molecule has 0 aliphatic carbocycles. The van der Waals surface area contributed by atoms with Crippen molar-refractivity contribution in [2.24, 2.45) is 0 Å². The molecule has 0 N–H and O–H groups in total. The molecule has 0 nitrogen and oxygen atoms in total. The van der Waals surface area contributed by atoms with Crippen LogP contribution in [-0.4, -0.2) is 6.16 Å². The topological polar surface area (TPSA) is 0 Å². The molecule has 1 saturated heterocycles. The van der Waals surface area contributed by atoms with E-state index in [4.69, 9.17) is 0 Å². The second kappa shape index (κ2) is 6.73. The van der Waals surface area contributed by atoms with Gasteiger partial charge in [0.25, 0.3) is 0 Å². The zero-order chi connectivity index (χ0) is 20.2. The van der Waals surface area contributed by atoms with E-state index in [1.54, 1.807) is 16.4 Å². The van der Waals surface area contributed by atoms with Gasteiger partial charge in [-0.3, -0.25) is 0 Å². The summed E-state index contributed by atoms with van der Waals surface area (Å²) in [6.45, 7) is 21.4. The van der Waals surface area contributed by atoms with Crippen molar-refractivity contribution in [1.29, 1.82) is 0 Å². The lowest BCUT2D eigenvalue weighted by molar-refractivity contribution is 0.553. The molecule has 146 valence electrons. The van der Waals surface area contributed by atoms with Gasteiger partial charge in [-0.25, -0.2) is 0 Å². The average Bonchev–Trinajstić information content (AvgIpc) is 3.32. The van der Waals surface area contributed by atoms with Gasteiger partial charge in [-0.1, -0.05) is 113 Å². The van der Waals surface area contributed by atoms with E-state index in [1.165, 1.54) is 17.3 Å². The van der Waals surface area contributed by atoms with Gasteiger partial charge in [0.15, 0.2) is 0 Å². The zero-order valence-electron chi connectivity index (χ0n) is 18.8. The summed E-state index contributed by atoms with van der Waals surface area (Å²) in [5.41, 5.74) is 7.44. The molecule has 0 bridgehead atoms. The SMILES string of the molecule is CC(C)(C)c1cc(C(C)(C)C)c([P@@]2C[C@@H]2c2ccccc2)c(C(C)(C)C)c1. The van der Waals surface area contributed by atoms with E-state index in [2.05, 4.69) is 105 Å². The van der Waals surface area contributed by atoms with Crippen molar-refractivity contribution in [3.05, 3.63) is 64.7 Å². The van der Waals surface area contributed by atoms with E-state index in [0.717, 1.165) is 5.66 Å². The Hall–Kier alpha value is -1.13. The maximum Gasteiger partial charge on any atom is 0.0125 e. The summed E-state index contributed by atoms with van der Waals surface area (Å²) in [5, 5.41) is 1.70. The summed E-state index contributed by atoms with van der Waals surface area (Å²) in [4.78, 5) is 0. The molecule has 1 fully saturated rings. The van der Waals surface area contributed by atoms with Crippen molar-refractivity contribution < 1.29 is 0 Å². The molecule has 1 aliphatic rings. The van der Waals surface area contributed by atoms with Crippen LogP contribution in [0.15, 0.2) is 42.5 Å². The minimum absolute atomic E-state index is 0.104. The molecular weight excluding hydrogens is 343 g/mol. The summed E-state index contributed by atoms with van der Waals surface area (Å²) < 4.78 is 0. The molecule has 1 aliphatic heterocycles. The molecule has 1 heteroatoms. The first-order chi connectivity index (χ1) is 12.3. The van der Waals surface area contributed by atoms with Crippen LogP contribution in [0.1, 0.15) is 90.2 Å². The van der Waals surface area contributed by atoms with Gasteiger partial charge in [0.1, 0.15) is 0 Å². The standard InChI is InChI=1S/C26H37P/c1-24(2,3)19-15-20(25(4,5)6)23(21(16-19)26(7,8)9)27-17-22(27)18-13-11-10-12-14-18/h10-16,22H,17H2,1-9H3/t22-,27+/m1/s1. The van der Waals surface area contributed by atoms with Gasteiger partial charge in [-0.15, -0.1) is 0 Å². The largest absolute Gasteiger partial charge is 0.0657 e. The monoisotopic (exact) mass is 380 g/mol. The van der Waals surface area contributed by atoms with Crippen LogP contribution in [0.25, 0.3) is 0 Å². The van der Waals surface area contributed by atoms with E-state index in [1.807, 2.05) is 0 Å². The third kappa shape index (κ3) is 4.32. The van der Waals surface area contributed by atoms with E-state index in [0.29, 0.717) is 0 Å². The fourth-order valence-electron chi connectivity index (χ4n) is 3.87. The Morgan fingerprint density at radius 1 is 0.704 bits per heavy atom. The Bertz CT molecular complexity index is 775. The first-order valence-electron chi connectivity index (χ1n) is 10.3. The van der Waals surface area contributed by atoms with E-state index in [9.17, 15) is 0 Å². The molecular formula is C26H37P. The minimum atomic E-state index is -0.104. The Morgan fingerprint density at radius 2 is 1.19 bits per heavy atom. The highest BCUT2D eigenvalue weighted by Crippen LogP contribution is 2.69. The van der Waals surface area contributed by atoms with Crippen LogP contribution in [0.4, 0.5) is 0 Å². The normalized spacial score (nSPS) is 20.6. The Labute approximate surface area is 168 Å². The van der Waals surface area contributed by atoms with Crippen molar-refractivity contribution in [1.82, 2.24) is 0 Å². The number of benzene rings is 2. The molecule has 0 saturated carbocycles. The summed E-state index contributed by atoms with van der Waals surface area (Å²) in [6, 6.07) is 16.2. The second-order valence-corrected chi connectivity index (χ2v) is 13.6. The Morgan fingerprint density at radius 3 is 1.59 bits per heavy atom. The molecule has 27 heavy (non-hydrogen) atoms. The van der Waals surface area contributed by atoms with Gasteiger partial charge in [-0.2, -0.15) is 0 Å². The third-order valence-electron chi connectivity index (χ3n) is 5.68. The van der Waals surface area contributed by atoms with Gasteiger partial charge in [0.05, 0.1) is 0 Å². The van der Waals surface area contributed by atoms with Crippen LogP contribution >= 0.6 is 7.92 Å². The molecule has 2 aromatic rings. The quantitative estimate of drug-likeness (QED) is 0.475. The summed E-state index contributed by atoms with van der Waals surface area (Å²) >= 11 is 0. The minimum Gasteiger partial charge on any atom is -0.0657 e. The Kier molecular flexibility index (Phi) is 5.14. The maximum atomic E-state index is 2.54. The maximum absolute atomic E-state index is 2.54. The van der Waals surface area contributed by atoms with Crippen LogP contribution in [-0.2, 0) is 16.2 Å². The zero-order valence-corrected chi connectivity index (χ0v) is 19.7. The highest BCUT2D eigenvalue weighted by molar-refractivity contribution is 7.73. The lowest BCUT2D eigenvalue weighted by atomic mass is 9.75. The molecule has 2 aromatic carbocycles. The number of rotatable bonds is 2. The third-order valence-corrected chi connectivity index (χ3v) is 8.25. The average molecular weight is 381 g/mol. The number of hydrogen-bond donors (Lipinski definition) is 0. The predicted octanol–water partition coefficient (Wildman–Crippen LogP) is 7.44. The molecule has 2 atom stereocenters. The van der Waals surface area contributed by atoms with Gasteiger partial charge in [0.2, 0.25) is 0 Å². The molecule has 0 unspecified atom stereocenters. The van der Waals surface area contributed by atoms with Crippen molar-refractivity contribution in [2.45, 2.75) is 84.2 Å². The fraction of sp³-hybridized carbons (Fsp3) is 0.538. The Balaban J connectivity index is 2.20. The van der Waals surface area contributed by atoms with Gasteiger partial charge < -0.3 is 0 Å². The first-order valence-corrected chi connectivity index (χ1v) is 11.9. The molecule has 0 radical (unpaired) electrons. The smallest absolute Gasteiger partial charge is 0.0125 e. The van der Waals surface area contributed by atoms with Crippen molar-refractivity contribution in [2.75, 3.05) is 6.16 Å². The highest BCUT2D eigenvalue weighted by atomic mass is 31.1. The summed E-state index contributed by atoms with van der Waals surface area (Å²) in [7, 11) is -0.104. The predicted molar refractivity (Wildman–Crippen MR) is 123 cm³/mol. The lowest BCUT2D eigenvalue weighted by Gasteiger charge is -2.34. The molecule has 1 heterocycles. The van der Waals surface area contributed by atoms with Crippen molar-refractivity contribution in [3.63, 3.8) is 0 Å². The van der Waals surface area contributed by atoms with Crippen LogP contribution in [0.3, 0.4) is 0 Å². The fourth-order valence-corrected chi connectivity index (χ4v) is 7.05. The van der Waals surface area contributed by atoms with E-state index in [-0.39, 0.29) is 24.2 Å². The molecule has 0 amide bonds. The van der Waals surface area contributed by atoms with E-state index >= 15 is 0 Å². The van der Waals surface area contributed by atoms with Crippen molar-refractivity contribution >= 4 is 13.2 Å². The summed E-state index contributed by atoms with van der Waals surface area (Å²) in [5.74, 6) is 0. The van der Waals surface area contributed by atoms with Crippen LogP contribution < -0.4 is 5.30 Å². The van der Waals surface area contributed by atoms with Gasteiger partial charge >= 0.3 is 0 Å². The molecule has 0 spiro atoms. The summed E-state index contributed by atoms with van der Waals surface area (Å²) in [6.07, 6.45) is 1.35. The van der Waals surface area contributed by atoms with Gasteiger partial charge in [0, 0.05) is 5.66 Å². The van der Waals surface area contributed by atoms with E-state index < -0.39 is 0 Å². The second-order valence-electron chi connectivity index (χ2n) is 11.2. The molecule has 0 aromatic heterocycles. The van der Waals surface area contributed by atoms with Crippen LogP contribution in [0, 0.1) is 0 Å². The first kappa shape index (κ1) is 20.6. The van der Waals surface area contributed by atoms with Crippen LogP contribution in [0.5, 0.6) is 0 Å². The van der Waals surface area contributed by atoms with Crippen LogP contribution in [0.2, 0.25) is 0 Å².